The van der Waals surface area contributed by atoms with Crippen molar-refractivity contribution in [3.63, 3.8) is 0 Å². The number of aromatic nitrogens is 2. The number of nitrogens with one attached hydrogen (secondary N) is 2. The standard InChI is InChI=1S/C14H19N3O/c1-9(2)11(7-15-3)14(18)10-4-5-12-13(6-10)17-8-16-12/h4-6,8-9,11,15H,7H2,1-3H3,(H,16,17). The van der Waals surface area contributed by atoms with E-state index >= 15 is 0 Å². The summed E-state index contributed by atoms with van der Waals surface area (Å²) in [6.07, 6.45) is 1.65. The fraction of sp³-hybridized carbons (Fsp3) is 0.429. The molecule has 1 heterocycles. The molecule has 1 aromatic carbocycles. The average molecular weight is 245 g/mol. The fourth-order valence-corrected chi connectivity index (χ4v) is 2.15. The van der Waals surface area contributed by atoms with E-state index in [9.17, 15) is 4.79 Å². The Morgan fingerprint density at radius 3 is 2.89 bits per heavy atom. The van der Waals surface area contributed by atoms with Gasteiger partial charge in [0, 0.05) is 18.0 Å². The number of rotatable bonds is 5. The third-order valence-electron chi connectivity index (χ3n) is 3.27. The third kappa shape index (κ3) is 2.43. The van der Waals surface area contributed by atoms with E-state index in [1.54, 1.807) is 6.33 Å². The van der Waals surface area contributed by atoms with Gasteiger partial charge < -0.3 is 10.3 Å². The largest absolute Gasteiger partial charge is 0.345 e. The van der Waals surface area contributed by atoms with Crippen LogP contribution in [0.2, 0.25) is 0 Å². The van der Waals surface area contributed by atoms with Gasteiger partial charge in [0.2, 0.25) is 0 Å². The fourth-order valence-electron chi connectivity index (χ4n) is 2.15. The highest BCUT2D eigenvalue weighted by Crippen LogP contribution is 2.19. The molecule has 96 valence electrons. The number of H-pyrrole nitrogens is 1. The van der Waals surface area contributed by atoms with E-state index in [0.717, 1.165) is 16.6 Å². The molecule has 0 bridgehead atoms. The van der Waals surface area contributed by atoms with Gasteiger partial charge in [-0.3, -0.25) is 4.79 Å². The summed E-state index contributed by atoms with van der Waals surface area (Å²) in [5.74, 6) is 0.522. The molecule has 4 nitrogen and oxygen atoms in total. The lowest BCUT2D eigenvalue weighted by Crippen LogP contribution is -2.30. The van der Waals surface area contributed by atoms with Crippen molar-refractivity contribution in [1.29, 1.82) is 0 Å². The Kier molecular flexibility index (Phi) is 3.77. The molecule has 4 heteroatoms. The van der Waals surface area contributed by atoms with E-state index in [-0.39, 0.29) is 11.7 Å². The summed E-state index contributed by atoms with van der Waals surface area (Å²) in [5, 5.41) is 3.09. The molecule has 0 aliphatic heterocycles. The Hall–Kier alpha value is -1.68. The molecular weight excluding hydrogens is 226 g/mol. The van der Waals surface area contributed by atoms with E-state index < -0.39 is 0 Å². The number of fused-ring (bicyclic) bond motifs is 1. The van der Waals surface area contributed by atoms with Crippen LogP contribution in [0.15, 0.2) is 24.5 Å². The molecule has 18 heavy (non-hydrogen) atoms. The molecule has 0 aliphatic rings. The number of hydrogen-bond donors (Lipinski definition) is 2. The van der Waals surface area contributed by atoms with Crippen molar-refractivity contribution in [1.82, 2.24) is 15.3 Å². The Morgan fingerprint density at radius 2 is 2.22 bits per heavy atom. The van der Waals surface area contributed by atoms with Crippen molar-refractivity contribution in [3.05, 3.63) is 30.1 Å². The van der Waals surface area contributed by atoms with Crippen LogP contribution in [0.4, 0.5) is 0 Å². The van der Waals surface area contributed by atoms with Crippen molar-refractivity contribution in [3.8, 4) is 0 Å². The molecule has 2 aromatic rings. The number of carbonyl (C=O) groups is 1. The SMILES string of the molecule is CNCC(C(=O)c1ccc2nc[nH]c2c1)C(C)C. The second kappa shape index (κ2) is 5.31. The summed E-state index contributed by atoms with van der Waals surface area (Å²) in [7, 11) is 1.88. The van der Waals surface area contributed by atoms with E-state index in [1.165, 1.54) is 0 Å². The first kappa shape index (κ1) is 12.8. The zero-order chi connectivity index (χ0) is 13.1. The first-order chi connectivity index (χ1) is 8.63. The van der Waals surface area contributed by atoms with E-state index in [1.807, 2.05) is 25.2 Å². The lowest BCUT2D eigenvalue weighted by Gasteiger charge is -2.19. The van der Waals surface area contributed by atoms with Crippen LogP contribution in [0, 0.1) is 11.8 Å². The summed E-state index contributed by atoms with van der Waals surface area (Å²) in [4.78, 5) is 19.7. The van der Waals surface area contributed by atoms with E-state index in [0.29, 0.717) is 12.5 Å². The molecule has 0 amide bonds. The zero-order valence-electron chi connectivity index (χ0n) is 11.0. The third-order valence-corrected chi connectivity index (χ3v) is 3.27. The number of Topliss-reactive ketones (excluding diaryl/α,β-unsaturated/α-hetero) is 1. The normalized spacial score (nSPS) is 13.1. The van der Waals surface area contributed by atoms with Gasteiger partial charge in [-0.1, -0.05) is 13.8 Å². The van der Waals surface area contributed by atoms with Gasteiger partial charge in [0.15, 0.2) is 5.78 Å². The van der Waals surface area contributed by atoms with Gasteiger partial charge in [0.1, 0.15) is 0 Å². The van der Waals surface area contributed by atoms with Crippen molar-refractivity contribution in [2.45, 2.75) is 13.8 Å². The highest BCUT2D eigenvalue weighted by atomic mass is 16.1. The molecular formula is C14H19N3O. The molecule has 2 rings (SSSR count). The van der Waals surface area contributed by atoms with Crippen LogP contribution in [0.1, 0.15) is 24.2 Å². The molecule has 1 unspecified atom stereocenters. The lowest BCUT2D eigenvalue weighted by molar-refractivity contribution is 0.0886. The number of hydrogen-bond acceptors (Lipinski definition) is 3. The lowest BCUT2D eigenvalue weighted by atomic mass is 9.88. The van der Waals surface area contributed by atoms with Crippen LogP contribution in [-0.2, 0) is 0 Å². The minimum Gasteiger partial charge on any atom is -0.345 e. The van der Waals surface area contributed by atoms with E-state index in [4.69, 9.17) is 0 Å². The predicted octanol–water partition coefficient (Wildman–Crippen LogP) is 2.24. The molecule has 0 radical (unpaired) electrons. The summed E-state index contributed by atoms with van der Waals surface area (Å²) in [6, 6.07) is 5.63. The van der Waals surface area contributed by atoms with Crippen LogP contribution in [0.25, 0.3) is 11.0 Å². The molecule has 1 aromatic heterocycles. The van der Waals surface area contributed by atoms with Gasteiger partial charge in [-0.25, -0.2) is 4.98 Å². The Labute approximate surface area is 107 Å². The number of imidazole rings is 1. The number of carbonyl (C=O) groups excluding carboxylic acids is 1. The molecule has 1 atom stereocenters. The van der Waals surface area contributed by atoms with Crippen LogP contribution in [-0.4, -0.2) is 29.3 Å². The zero-order valence-corrected chi connectivity index (χ0v) is 11.0. The van der Waals surface area contributed by atoms with Gasteiger partial charge in [-0.05, 0) is 31.2 Å². The highest BCUT2D eigenvalue weighted by Gasteiger charge is 2.22. The smallest absolute Gasteiger partial charge is 0.167 e. The number of ketones is 1. The van der Waals surface area contributed by atoms with Crippen molar-refractivity contribution in [2.75, 3.05) is 13.6 Å². The van der Waals surface area contributed by atoms with Crippen molar-refractivity contribution >= 4 is 16.8 Å². The average Bonchev–Trinajstić information content (AvgIpc) is 2.81. The molecule has 0 aliphatic carbocycles. The molecule has 0 spiro atoms. The molecule has 0 saturated carbocycles. The van der Waals surface area contributed by atoms with E-state index in [2.05, 4.69) is 29.1 Å². The summed E-state index contributed by atoms with van der Waals surface area (Å²) < 4.78 is 0. The summed E-state index contributed by atoms with van der Waals surface area (Å²) in [5.41, 5.74) is 2.55. The summed E-state index contributed by atoms with van der Waals surface area (Å²) in [6.45, 7) is 4.86. The van der Waals surface area contributed by atoms with Gasteiger partial charge in [0.05, 0.1) is 17.4 Å². The first-order valence-corrected chi connectivity index (χ1v) is 6.25. The molecule has 0 fully saturated rings. The minimum absolute atomic E-state index is 0.00960. The molecule has 0 saturated heterocycles. The quantitative estimate of drug-likeness (QED) is 0.794. The van der Waals surface area contributed by atoms with Crippen LogP contribution in [0.5, 0.6) is 0 Å². The first-order valence-electron chi connectivity index (χ1n) is 6.25. The Morgan fingerprint density at radius 1 is 1.44 bits per heavy atom. The maximum absolute atomic E-state index is 12.5. The topological polar surface area (TPSA) is 57.8 Å². The highest BCUT2D eigenvalue weighted by molar-refractivity contribution is 6.00. The second-order valence-electron chi connectivity index (χ2n) is 4.91. The minimum atomic E-state index is 0.00960. The monoisotopic (exact) mass is 245 g/mol. The van der Waals surface area contributed by atoms with Crippen LogP contribution >= 0.6 is 0 Å². The second-order valence-corrected chi connectivity index (χ2v) is 4.91. The van der Waals surface area contributed by atoms with Crippen LogP contribution < -0.4 is 5.32 Å². The number of nitrogens with zero attached hydrogens (tertiary/aromatic N) is 1. The maximum Gasteiger partial charge on any atom is 0.167 e. The Bertz CT molecular complexity index is 545. The number of aromatic amines is 1. The Balaban J connectivity index is 2.30. The maximum atomic E-state index is 12.5. The van der Waals surface area contributed by atoms with Gasteiger partial charge >= 0.3 is 0 Å². The summed E-state index contributed by atoms with van der Waals surface area (Å²) >= 11 is 0. The van der Waals surface area contributed by atoms with Crippen molar-refractivity contribution < 1.29 is 4.79 Å². The predicted molar refractivity (Wildman–Crippen MR) is 72.7 cm³/mol. The van der Waals surface area contributed by atoms with Crippen molar-refractivity contribution in [2.24, 2.45) is 11.8 Å². The number of benzene rings is 1. The molecule has 2 N–H and O–H groups in total. The van der Waals surface area contributed by atoms with Gasteiger partial charge in [-0.2, -0.15) is 0 Å². The van der Waals surface area contributed by atoms with Crippen LogP contribution in [0.3, 0.4) is 0 Å². The van der Waals surface area contributed by atoms with Gasteiger partial charge in [-0.15, -0.1) is 0 Å². The van der Waals surface area contributed by atoms with Gasteiger partial charge in [0.25, 0.3) is 0 Å².